The van der Waals surface area contributed by atoms with Gasteiger partial charge in [-0.1, -0.05) is 12.1 Å². The molecule has 1 saturated heterocycles. The molecule has 1 N–H and O–H groups in total. The Labute approximate surface area is 152 Å². The SMILES string of the molecule is CCOc1ccc(C(=O)N2CCN(C(=O)c3ccccc3O)CC2)cc1. The number of hydrogen-bond donors (Lipinski definition) is 1. The van der Waals surface area contributed by atoms with Gasteiger partial charge in [0.2, 0.25) is 0 Å². The van der Waals surface area contributed by atoms with Gasteiger partial charge in [0.1, 0.15) is 11.5 Å². The Kier molecular flexibility index (Phi) is 5.41. The third-order valence-electron chi connectivity index (χ3n) is 4.40. The van der Waals surface area contributed by atoms with Crippen LogP contribution in [0.1, 0.15) is 27.6 Å². The van der Waals surface area contributed by atoms with Crippen LogP contribution in [0.3, 0.4) is 0 Å². The van der Waals surface area contributed by atoms with E-state index in [-0.39, 0.29) is 17.6 Å². The van der Waals surface area contributed by atoms with Crippen LogP contribution in [0.4, 0.5) is 0 Å². The number of piperazine rings is 1. The average Bonchev–Trinajstić information content (AvgIpc) is 2.68. The first kappa shape index (κ1) is 17.8. The number of carbonyl (C=O) groups excluding carboxylic acids is 2. The number of phenolic OH excluding ortho intramolecular Hbond substituents is 1. The second-order valence-electron chi connectivity index (χ2n) is 6.06. The molecule has 1 aliphatic rings. The van der Waals surface area contributed by atoms with Crippen LogP contribution in [-0.2, 0) is 0 Å². The van der Waals surface area contributed by atoms with Crippen molar-refractivity contribution in [2.45, 2.75) is 6.92 Å². The smallest absolute Gasteiger partial charge is 0.257 e. The number of rotatable bonds is 4. The van der Waals surface area contributed by atoms with Gasteiger partial charge in [-0.15, -0.1) is 0 Å². The lowest BCUT2D eigenvalue weighted by Crippen LogP contribution is -2.50. The summed E-state index contributed by atoms with van der Waals surface area (Å²) >= 11 is 0. The molecule has 0 saturated carbocycles. The Morgan fingerprint density at radius 2 is 1.50 bits per heavy atom. The standard InChI is InChI=1S/C20H22N2O4/c1-2-26-16-9-7-15(8-10-16)19(24)21-11-13-22(14-12-21)20(25)17-5-3-4-6-18(17)23/h3-10,23H,2,11-14H2,1H3. The van der Waals surface area contributed by atoms with Crippen LogP contribution in [-0.4, -0.2) is 59.5 Å². The van der Waals surface area contributed by atoms with Crippen molar-refractivity contribution < 1.29 is 19.4 Å². The van der Waals surface area contributed by atoms with E-state index in [2.05, 4.69) is 0 Å². The Bertz CT molecular complexity index is 781. The maximum absolute atomic E-state index is 12.6. The van der Waals surface area contributed by atoms with Gasteiger partial charge >= 0.3 is 0 Å². The lowest BCUT2D eigenvalue weighted by Gasteiger charge is -2.35. The van der Waals surface area contributed by atoms with Crippen molar-refractivity contribution in [1.29, 1.82) is 0 Å². The normalized spacial score (nSPS) is 14.2. The van der Waals surface area contributed by atoms with Crippen molar-refractivity contribution in [2.24, 2.45) is 0 Å². The molecule has 0 atom stereocenters. The third-order valence-corrected chi connectivity index (χ3v) is 4.40. The van der Waals surface area contributed by atoms with E-state index in [4.69, 9.17) is 4.74 Å². The number of ether oxygens (including phenoxy) is 1. The Morgan fingerprint density at radius 1 is 0.923 bits per heavy atom. The van der Waals surface area contributed by atoms with Crippen molar-refractivity contribution in [3.05, 3.63) is 59.7 Å². The number of hydrogen-bond acceptors (Lipinski definition) is 4. The van der Waals surface area contributed by atoms with Crippen molar-refractivity contribution in [1.82, 2.24) is 9.80 Å². The monoisotopic (exact) mass is 354 g/mol. The summed E-state index contributed by atoms with van der Waals surface area (Å²) in [5.74, 6) is 0.450. The molecule has 6 nitrogen and oxygen atoms in total. The molecule has 0 unspecified atom stereocenters. The van der Waals surface area contributed by atoms with Gasteiger partial charge in [-0.05, 0) is 43.3 Å². The van der Waals surface area contributed by atoms with Crippen molar-refractivity contribution in [2.75, 3.05) is 32.8 Å². The number of aromatic hydroxyl groups is 1. The van der Waals surface area contributed by atoms with Crippen LogP contribution < -0.4 is 4.74 Å². The Balaban J connectivity index is 1.60. The zero-order valence-corrected chi connectivity index (χ0v) is 14.7. The van der Waals surface area contributed by atoms with Gasteiger partial charge in [0.05, 0.1) is 12.2 Å². The van der Waals surface area contributed by atoms with E-state index in [1.807, 2.05) is 6.92 Å². The molecule has 0 aliphatic carbocycles. The van der Waals surface area contributed by atoms with Crippen molar-refractivity contribution in [3.8, 4) is 11.5 Å². The molecule has 2 aromatic carbocycles. The number of nitrogens with zero attached hydrogens (tertiary/aromatic N) is 2. The van der Waals surface area contributed by atoms with E-state index in [0.717, 1.165) is 5.75 Å². The van der Waals surface area contributed by atoms with Gasteiger partial charge in [0.25, 0.3) is 11.8 Å². The zero-order valence-electron chi connectivity index (χ0n) is 14.7. The number of para-hydroxylation sites is 1. The van der Waals surface area contributed by atoms with E-state index in [1.165, 1.54) is 6.07 Å². The molecule has 6 heteroatoms. The topological polar surface area (TPSA) is 70.1 Å². The average molecular weight is 354 g/mol. The molecule has 3 rings (SSSR count). The minimum absolute atomic E-state index is 0.0228. The van der Waals surface area contributed by atoms with Crippen LogP contribution in [0.5, 0.6) is 11.5 Å². The Hall–Kier alpha value is -3.02. The summed E-state index contributed by atoms with van der Waals surface area (Å²) in [7, 11) is 0. The summed E-state index contributed by atoms with van der Waals surface area (Å²) in [5, 5.41) is 9.84. The van der Waals surface area contributed by atoms with Crippen LogP contribution >= 0.6 is 0 Å². The molecule has 1 fully saturated rings. The number of amides is 2. The van der Waals surface area contributed by atoms with E-state index in [1.54, 1.807) is 52.3 Å². The molecule has 2 aromatic rings. The predicted octanol–water partition coefficient (Wildman–Crippen LogP) is 2.39. The number of phenols is 1. The summed E-state index contributed by atoms with van der Waals surface area (Å²) in [5.41, 5.74) is 0.896. The summed E-state index contributed by atoms with van der Waals surface area (Å²) in [6.07, 6.45) is 0. The molecule has 0 radical (unpaired) electrons. The van der Waals surface area contributed by atoms with Crippen LogP contribution in [0.2, 0.25) is 0 Å². The van der Waals surface area contributed by atoms with E-state index in [9.17, 15) is 14.7 Å². The molecule has 136 valence electrons. The molecular weight excluding hydrogens is 332 g/mol. The minimum Gasteiger partial charge on any atom is -0.507 e. The maximum Gasteiger partial charge on any atom is 0.257 e. The van der Waals surface area contributed by atoms with Gasteiger partial charge < -0.3 is 19.6 Å². The summed E-state index contributed by atoms with van der Waals surface area (Å²) in [4.78, 5) is 28.5. The summed E-state index contributed by atoms with van der Waals surface area (Å²) in [6.45, 7) is 4.30. The molecule has 0 aromatic heterocycles. The highest BCUT2D eigenvalue weighted by Gasteiger charge is 2.26. The van der Waals surface area contributed by atoms with Crippen molar-refractivity contribution in [3.63, 3.8) is 0 Å². The first-order valence-electron chi connectivity index (χ1n) is 8.69. The largest absolute Gasteiger partial charge is 0.507 e. The molecule has 0 spiro atoms. The third kappa shape index (κ3) is 3.79. The lowest BCUT2D eigenvalue weighted by atomic mass is 10.1. The molecule has 26 heavy (non-hydrogen) atoms. The second-order valence-corrected chi connectivity index (χ2v) is 6.06. The van der Waals surface area contributed by atoms with Gasteiger partial charge in [0, 0.05) is 31.7 Å². The number of benzene rings is 2. The first-order chi connectivity index (χ1) is 12.6. The fraction of sp³-hybridized carbons (Fsp3) is 0.300. The van der Waals surface area contributed by atoms with Gasteiger partial charge in [-0.3, -0.25) is 9.59 Å². The van der Waals surface area contributed by atoms with E-state index in [0.29, 0.717) is 43.9 Å². The first-order valence-corrected chi connectivity index (χ1v) is 8.69. The predicted molar refractivity (Wildman–Crippen MR) is 97.5 cm³/mol. The highest BCUT2D eigenvalue weighted by atomic mass is 16.5. The summed E-state index contributed by atoms with van der Waals surface area (Å²) < 4.78 is 5.39. The van der Waals surface area contributed by atoms with Gasteiger partial charge in [-0.25, -0.2) is 0 Å². The lowest BCUT2D eigenvalue weighted by molar-refractivity contribution is 0.0533. The quantitative estimate of drug-likeness (QED) is 0.915. The molecular formula is C20H22N2O4. The zero-order chi connectivity index (χ0) is 18.5. The fourth-order valence-electron chi connectivity index (χ4n) is 2.98. The highest BCUT2D eigenvalue weighted by molar-refractivity contribution is 5.97. The molecule has 0 bridgehead atoms. The van der Waals surface area contributed by atoms with Gasteiger partial charge in [0.15, 0.2) is 0 Å². The van der Waals surface area contributed by atoms with Gasteiger partial charge in [-0.2, -0.15) is 0 Å². The van der Waals surface area contributed by atoms with E-state index < -0.39 is 0 Å². The minimum atomic E-state index is -0.212. The van der Waals surface area contributed by atoms with Crippen LogP contribution in [0.25, 0.3) is 0 Å². The number of carbonyl (C=O) groups is 2. The Morgan fingerprint density at radius 3 is 2.08 bits per heavy atom. The molecule has 2 amide bonds. The maximum atomic E-state index is 12.6. The summed E-state index contributed by atoms with van der Waals surface area (Å²) in [6, 6.07) is 13.6. The molecule has 1 aliphatic heterocycles. The van der Waals surface area contributed by atoms with Crippen LogP contribution in [0, 0.1) is 0 Å². The van der Waals surface area contributed by atoms with Crippen LogP contribution in [0.15, 0.2) is 48.5 Å². The highest BCUT2D eigenvalue weighted by Crippen LogP contribution is 2.19. The second kappa shape index (κ2) is 7.91. The molecule has 1 heterocycles. The fourth-order valence-corrected chi connectivity index (χ4v) is 2.98. The van der Waals surface area contributed by atoms with E-state index >= 15 is 0 Å². The van der Waals surface area contributed by atoms with Crippen molar-refractivity contribution >= 4 is 11.8 Å².